The molecular formula is C16H19N3S. The molecule has 3 aromatic rings. The van der Waals surface area contributed by atoms with Gasteiger partial charge in [-0.3, -0.25) is 0 Å². The highest BCUT2D eigenvalue weighted by molar-refractivity contribution is 7.09. The van der Waals surface area contributed by atoms with E-state index in [1.54, 1.807) is 11.3 Å². The van der Waals surface area contributed by atoms with Gasteiger partial charge in [0.15, 0.2) is 0 Å². The number of thiazole rings is 1. The van der Waals surface area contributed by atoms with Crippen LogP contribution in [0.25, 0.3) is 10.9 Å². The highest BCUT2D eigenvalue weighted by Gasteiger charge is 2.17. The van der Waals surface area contributed by atoms with Gasteiger partial charge in [0.2, 0.25) is 0 Å². The fraction of sp³-hybridized carbons (Fsp3) is 0.312. The molecule has 0 amide bonds. The standard InChI is InChI=1S/C16H19N3S/c1-16(2,3)15-19-13(10-20-15)9-18-12-4-5-14-11(8-12)6-7-17-14/h4-8,10,17-18H,9H2,1-3H3. The predicted octanol–water partition coefficient (Wildman–Crippen LogP) is 4.53. The number of aromatic nitrogens is 2. The maximum atomic E-state index is 4.70. The van der Waals surface area contributed by atoms with E-state index in [0.717, 1.165) is 17.9 Å². The van der Waals surface area contributed by atoms with Gasteiger partial charge in [0.1, 0.15) is 0 Å². The third-order valence-electron chi connectivity index (χ3n) is 3.22. The van der Waals surface area contributed by atoms with Crippen molar-refractivity contribution in [2.75, 3.05) is 5.32 Å². The molecule has 2 aromatic heterocycles. The third kappa shape index (κ3) is 2.70. The van der Waals surface area contributed by atoms with Crippen molar-refractivity contribution in [1.29, 1.82) is 0 Å². The topological polar surface area (TPSA) is 40.7 Å². The van der Waals surface area contributed by atoms with Crippen LogP contribution in [0.4, 0.5) is 5.69 Å². The molecule has 4 heteroatoms. The number of benzene rings is 1. The summed E-state index contributed by atoms with van der Waals surface area (Å²) in [5.41, 5.74) is 3.53. The lowest BCUT2D eigenvalue weighted by Crippen LogP contribution is -2.11. The summed E-state index contributed by atoms with van der Waals surface area (Å²) in [5.74, 6) is 0. The van der Waals surface area contributed by atoms with Crippen LogP contribution in [0.1, 0.15) is 31.5 Å². The minimum absolute atomic E-state index is 0.132. The molecule has 0 aliphatic heterocycles. The van der Waals surface area contributed by atoms with Gasteiger partial charge >= 0.3 is 0 Å². The number of fused-ring (bicyclic) bond motifs is 1. The largest absolute Gasteiger partial charge is 0.379 e. The lowest BCUT2D eigenvalue weighted by atomic mass is 9.98. The Morgan fingerprint density at radius 3 is 2.85 bits per heavy atom. The molecule has 20 heavy (non-hydrogen) atoms. The van der Waals surface area contributed by atoms with Crippen LogP contribution in [0.15, 0.2) is 35.8 Å². The van der Waals surface area contributed by atoms with E-state index < -0.39 is 0 Å². The van der Waals surface area contributed by atoms with Crippen LogP contribution in [0, 0.1) is 0 Å². The third-order valence-corrected chi connectivity index (χ3v) is 4.54. The summed E-state index contributed by atoms with van der Waals surface area (Å²) in [6.07, 6.45) is 1.96. The first kappa shape index (κ1) is 13.2. The Hall–Kier alpha value is -1.81. The summed E-state index contributed by atoms with van der Waals surface area (Å²) in [7, 11) is 0. The average Bonchev–Trinajstić information content (AvgIpc) is 3.04. The summed E-state index contributed by atoms with van der Waals surface area (Å²) >= 11 is 1.74. The first-order valence-electron chi connectivity index (χ1n) is 6.78. The molecule has 0 aliphatic rings. The zero-order valence-electron chi connectivity index (χ0n) is 12.0. The Kier molecular flexibility index (Phi) is 3.26. The maximum Gasteiger partial charge on any atom is 0.0982 e. The normalized spacial score (nSPS) is 11.9. The number of anilines is 1. The summed E-state index contributed by atoms with van der Waals surface area (Å²) in [6.45, 7) is 7.36. The molecule has 0 saturated heterocycles. The van der Waals surface area contributed by atoms with E-state index in [9.17, 15) is 0 Å². The number of hydrogen-bond acceptors (Lipinski definition) is 3. The highest BCUT2D eigenvalue weighted by Crippen LogP contribution is 2.26. The molecule has 0 atom stereocenters. The Labute approximate surface area is 123 Å². The van der Waals surface area contributed by atoms with Crippen molar-refractivity contribution < 1.29 is 0 Å². The van der Waals surface area contributed by atoms with E-state index >= 15 is 0 Å². The van der Waals surface area contributed by atoms with Crippen LogP contribution >= 0.6 is 11.3 Å². The number of hydrogen-bond donors (Lipinski definition) is 2. The Bertz CT molecular complexity index is 718. The molecule has 0 unspecified atom stereocenters. The van der Waals surface area contributed by atoms with E-state index in [4.69, 9.17) is 4.98 Å². The lowest BCUT2D eigenvalue weighted by Gasteiger charge is -2.13. The maximum absolute atomic E-state index is 4.70. The number of H-pyrrole nitrogens is 1. The number of nitrogens with one attached hydrogen (secondary N) is 2. The molecular weight excluding hydrogens is 266 g/mol. The fourth-order valence-electron chi connectivity index (χ4n) is 2.09. The molecule has 2 N–H and O–H groups in total. The van der Waals surface area contributed by atoms with Crippen LogP contribution in [0.2, 0.25) is 0 Å². The Balaban J connectivity index is 1.71. The smallest absolute Gasteiger partial charge is 0.0982 e. The molecule has 0 saturated carbocycles. The van der Waals surface area contributed by atoms with Gasteiger partial charge in [-0.05, 0) is 24.3 Å². The van der Waals surface area contributed by atoms with Gasteiger partial charge in [-0.25, -0.2) is 4.98 Å². The summed E-state index contributed by atoms with van der Waals surface area (Å²) < 4.78 is 0. The van der Waals surface area contributed by atoms with E-state index in [1.165, 1.54) is 15.9 Å². The van der Waals surface area contributed by atoms with Gasteiger partial charge in [0.05, 0.1) is 17.2 Å². The van der Waals surface area contributed by atoms with Crippen LogP contribution in [0.3, 0.4) is 0 Å². The van der Waals surface area contributed by atoms with E-state index in [1.807, 2.05) is 6.20 Å². The van der Waals surface area contributed by atoms with E-state index in [2.05, 4.69) is 60.7 Å². The number of rotatable bonds is 3. The van der Waals surface area contributed by atoms with Gasteiger partial charge < -0.3 is 10.3 Å². The Morgan fingerprint density at radius 2 is 2.10 bits per heavy atom. The summed E-state index contributed by atoms with van der Waals surface area (Å²) in [6, 6.07) is 8.43. The van der Waals surface area contributed by atoms with Gasteiger partial charge in [-0.1, -0.05) is 20.8 Å². The second kappa shape index (κ2) is 4.94. The first-order valence-corrected chi connectivity index (χ1v) is 7.66. The SMILES string of the molecule is CC(C)(C)c1nc(CNc2ccc3[nH]ccc3c2)cs1. The van der Waals surface area contributed by atoms with E-state index in [-0.39, 0.29) is 5.41 Å². The first-order chi connectivity index (χ1) is 9.52. The second-order valence-electron chi connectivity index (χ2n) is 6.03. The number of nitrogens with zero attached hydrogens (tertiary/aromatic N) is 1. The van der Waals surface area contributed by atoms with Gasteiger partial charge in [-0.2, -0.15) is 0 Å². The van der Waals surface area contributed by atoms with Crippen molar-refractivity contribution in [3.63, 3.8) is 0 Å². The number of aromatic amines is 1. The minimum atomic E-state index is 0.132. The second-order valence-corrected chi connectivity index (χ2v) is 6.89. The van der Waals surface area contributed by atoms with Crippen molar-refractivity contribution in [3.8, 4) is 0 Å². The zero-order valence-corrected chi connectivity index (χ0v) is 12.8. The molecule has 1 aromatic carbocycles. The highest BCUT2D eigenvalue weighted by atomic mass is 32.1. The molecule has 0 radical (unpaired) electrons. The lowest BCUT2D eigenvalue weighted by molar-refractivity contribution is 0.583. The summed E-state index contributed by atoms with van der Waals surface area (Å²) in [5, 5.41) is 7.99. The summed E-state index contributed by atoms with van der Waals surface area (Å²) in [4.78, 5) is 7.90. The molecule has 0 bridgehead atoms. The van der Waals surface area contributed by atoms with Crippen molar-refractivity contribution in [3.05, 3.63) is 46.5 Å². The van der Waals surface area contributed by atoms with Gasteiger partial charge in [-0.15, -0.1) is 11.3 Å². The molecule has 2 heterocycles. The van der Waals surface area contributed by atoms with Crippen LogP contribution in [-0.4, -0.2) is 9.97 Å². The fourth-order valence-corrected chi connectivity index (χ4v) is 3.00. The van der Waals surface area contributed by atoms with Gasteiger partial charge in [0, 0.05) is 33.6 Å². The molecule has 3 nitrogen and oxygen atoms in total. The molecule has 104 valence electrons. The minimum Gasteiger partial charge on any atom is -0.379 e. The van der Waals surface area contributed by atoms with Crippen molar-refractivity contribution in [1.82, 2.24) is 9.97 Å². The average molecular weight is 285 g/mol. The zero-order chi connectivity index (χ0) is 14.2. The molecule has 0 spiro atoms. The Morgan fingerprint density at radius 1 is 1.25 bits per heavy atom. The van der Waals surface area contributed by atoms with Crippen molar-refractivity contribution in [2.45, 2.75) is 32.7 Å². The molecule has 0 aliphatic carbocycles. The monoisotopic (exact) mass is 285 g/mol. The predicted molar refractivity (Wildman–Crippen MR) is 86.4 cm³/mol. The van der Waals surface area contributed by atoms with Crippen LogP contribution in [-0.2, 0) is 12.0 Å². The van der Waals surface area contributed by atoms with Crippen molar-refractivity contribution >= 4 is 27.9 Å². The van der Waals surface area contributed by atoms with Crippen LogP contribution in [0.5, 0.6) is 0 Å². The quantitative estimate of drug-likeness (QED) is 0.742. The van der Waals surface area contributed by atoms with Crippen LogP contribution < -0.4 is 5.32 Å². The van der Waals surface area contributed by atoms with Gasteiger partial charge in [0.25, 0.3) is 0 Å². The van der Waals surface area contributed by atoms with E-state index in [0.29, 0.717) is 0 Å². The molecule has 0 fully saturated rings. The van der Waals surface area contributed by atoms with Crippen molar-refractivity contribution in [2.24, 2.45) is 0 Å². The molecule has 3 rings (SSSR count).